The molecular formula is C20H16N4O2. The number of benzene rings is 2. The molecule has 0 aliphatic heterocycles. The van der Waals surface area contributed by atoms with Gasteiger partial charge in [-0.15, -0.1) is 10.2 Å². The molecule has 0 aliphatic carbocycles. The van der Waals surface area contributed by atoms with Gasteiger partial charge in [0.15, 0.2) is 0 Å². The molecule has 0 spiro atoms. The predicted octanol–water partition coefficient (Wildman–Crippen LogP) is 3.62. The molecule has 1 N–H and O–H groups in total. The summed E-state index contributed by atoms with van der Waals surface area (Å²) in [5.41, 5.74) is 3.83. The smallest absolute Gasteiger partial charge is 0.251 e. The average Bonchev–Trinajstić information content (AvgIpc) is 3.17. The number of aromatic nitrogens is 3. The van der Waals surface area contributed by atoms with Crippen molar-refractivity contribution in [2.45, 2.75) is 6.92 Å². The largest absolute Gasteiger partial charge is 0.416 e. The molecule has 6 heteroatoms. The zero-order valence-electron chi connectivity index (χ0n) is 14.4. The zero-order chi connectivity index (χ0) is 18.1. The molecule has 4 rings (SSSR count). The Morgan fingerprint density at radius 1 is 1.00 bits per heavy atom. The standard InChI is InChI=1S/C20H16N4O2/c1-12-10-16(15-8-3-4-9-17(15)22-12)20-24-23-19(26-20)14-7-5-6-13(11-14)18(25)21-2/h3-11H,1-2H3,(H,21,25). The van der Waals surface area contributed by atoms with Gasteiger partial charge in [-0.05, 0) is 37.3 Å². The normalized spacial score (nSPS) is 10.8. The van der Waals surface area contributed by atoms with Gasteiger partial charge in [0.05, 0.1) is 11.1 Å². The summed E-state index contributed by atoms with van der Waals surface area (Å²) in [7, 11) is 1.59. The van der Waals surface area contributed by atoms with E-state index in [0.717, 1.165) is 22.2 Å². The first-order valence-electron chi connectivity index (χ1n) is 8.18. The third-order valence-corrected chi connectivity index (χ3v) is 4.10. The van der Waals surface area contributed by atoms with Crippen LogP contribution in [-0.4, -0.2) is 28.1 Å². The number of nitrogens with zero attached hydrogens (tertiary/aromatic N) is 3. The molecule has 128 valence electrons. The van der Waals surface area contributed by atoms with Crippen LogP contribution in [-0.2, 0) is 0 Å². The maximum Gasteiger partial charge on any atom is 0.251 e. The lowest BCUT2D eigenvalue weighted by molar-refractivity contribution is 0.0963. The monoisotopic (exact) mass is 344 g/mol. The Morgan fingerprint density at radius 2 is 1.81 bits per heavy atom. The molecule has 2 aromatic heterocycles. The first kappa shape index (κ1) is 16.0. The van der Waals surface area contributed by atoms with Crippen LogP contribution in [0, 0.1) is 6.92 Å². The summed E-state index contributed by atoms with van der Waals surface area (Å²) >= 11 is 0. The highest BCUT2D eigenvalue weighted by Gasteiger charge is 2.15. The fourth-order valence-electron chi connectivity index (χ4n) is 2.87. The van der Waals surface area contributed by atoms with Gasteiger partial charge in [-0.3, -0.25) is 9.78 Å². The van der Waals surface area contributed by atoms with Crippen molar-refractivity contribution < 1.29 is 9.21 Å². The van der Waals surface area contributed by atoms with Crippen LogP contribution >= 0.6 is 0 Å². The highest BCUT2D eigenvalue weighted by atomic mass is 16.4. The fraction of sp³-hybridized carbons (Fsp3) is 0.100. The summed E-state index contributed by atoms with van der Waals surface area (Å²) in [6.07, 6.45) is 0. The fourth-order valence-corrected chi connectivity index (χ4v) is 2.87. The van der Waals surface area contributed by atoms with Crippen molar-refractivity contribution in [3.8, 4) is 22.9 Å². The van der Waals surface area contributed by atoms with Gasteiger partial charge in [0.1, 0.15) is 0 Å². The van der Waals surface area contributed by atoms with Crippen LogP contribution in [0.4, 0.5) is 0 Å². The minimum atomic E-state index is -0.164. The van der Waals surface area contributed by atoms with Gasteiger partial charge in [0.25, 0.3) is 5.91 Å². The van der Waals surface area contributed by atoms with Crippen LogP contribution in [0.3, 0.4) is 0 Å². The lowest BCUT2D eigenvalue weighted by Gasteiger charge is -2.04. The van der Waals surface area contributed by atoms with Crippen molar-refractivity contribution in [1.29, 1.82) is 0 Å². The van der Waals surface area contributed by atoms with Gasteiger partial charge in [0.2, 0.25) is 11.8 Å². The van der Waals surface area contributed by atoms with Crippen LogP contribution in [0.2, 0.25) is 0 Å². The Hall–Kier alpha value is -3.54. The Labute approximate surface area is 149 Å². The Morgan fingerprint density at radius 3 is 2.65 bits per heavy atom. The molecule has 0 atom stereocenters. The summed E-state index contributed by atoms with van der Waals surface area (Å²) in [6.45, 7) is 1.93. The molecule has 26 heavy (non-hydrogen) atoms. The molecule has 6 nitrogen and oxygen atoms in total. The maximum absolute atomic E-state index is 11.8. The number of pyridine rings is 1. The topological polar surface area (TPSA) is 80.9 Å². The quantitative estimate of drug-likeness (QED) is 0.614. The van der Waals surface area contributed by atoms with E-state index in [2.05, 4.69) is 20.5 Å². The van der Waals surface area contributed by atoms with E-state index in [1.54, 1.807) is 25.2 Å². The summed E-state index contributed by atoms with van der Waals surface area (Å²) in [5.74, 6) is 0.624. The van der Waals surface area contributed by atoms with Gasteiger partial charge in [-0.25, -0.2) is 0 Å². The van der Waals surface area contributed by atoms with E-state index in [9.17, 15) is 4.79 Å². The molecule has 1 amide bonds. The van der Waals surface area contributed by atoms with Crippen molar-refractivity contribution in [3.05, 3.63) is 65.9 Å². The minimum absolute atomic E-state index is 0.164. The van der Waals surface area contributed by atoms with Crippen molar-refractivity contribution >= 4 is 16.8 Å². The second-order valence-corrected chi connectivity index (χ2v) is 5.90. The summed E-state index contributed by atoms with van der Waals surface area (Å²) < 4.78 is 5.91. The van der Waals surface area contributed by atoms with Crippen LogP contribution < -0.4 is 5.32 Å². The number of carbonyl (C=O) groups excluding carboxylic acids is 1. The molecule has 0 saturated carbocycles. The molecular weight excluding hydrogens is 328 g/mol. The molecule has 0 aliphatic rings. The molecule has 0 bridgehead atoms. The molecule has 2 heterocycles. The molecule has 0 unspecified atom stereocenters. The zero-order valence-corrected chi connectivity index (χ0v) is 14.4. The molecule has 2 aromatic carbocycles. The third kappa shape index (κ3) is 2.82. The molecule has 0 saturated heterocycles. The molecule has 4 aromatic rings. The molecule has 0 radical (unpaired) electrons. The van der Waals surface area contributed by atoms with E-state index < -0.39 is 0 Å². The first-order valence-corrected chi connectivity index (χ1v) is 8.18. The average molecular weight is 344 g/mol. The van der Waals surface area contributed by atoms with E-state index in [-0.39, 0.29) is 5.91 Å². The van der Waals surface area contributed by atoms with E-state index in [4.69, 9.17) is 4.42 Å². The Bertz CT molecular complexity index is 1120. The second kappa shape index (κ2) is 6.40. The van der Waals surface area contributed by atoms with Crippen LogP contribution in [0.5, 0.6) is 0 Å². The number of hydrogen-bond donors (Lipinski definition) is 1. The summed E-state index contributed by atoms with van der Waals surface area (Å²) in [6, 6.07) is 16.8. The van der Waals surface area contributed by atoms with Crippen LogP contribution in [0.15, 0.2) is 59.0 Å². The summed E-state index contributed by atoms with van der Waals surface area (Å²) in [5, 5.41) is 11.9. The van der Waals surface area contributed by atoms with Crippen molar-refractivity contribution in [1.82, 2.24) is 20.5 Å². The SMILES string of the molecule is CNC(=O)c1cccc(-c2nnc(-c3cc(C)nc4ccccc34)o2)c1. The highest BCUT2D eigenvalue weighted by Crippen LogP contribution is 2.30. The van der Waals surface area contributed by atoms with Crippen molar-refractivity contribution in [3.63, 3.8) is 0 Å². The van der Waals surface area contributed by atoms with Crippen LogP contribution in [0.1, 0.15) is 16.1 Å². The van der Waals surface area contributed by atoms with Gasteiger partial charge in [0, 0.05) is 29.3 Å². The van der Waals surface area contributed by atoms with Crippen molar-refractivity contribution in [2.24, 2.45) is 0 Å². The summed E-state index contributed by atoms with van der Waals surface area (Å²) in [4.78, 5) is 16.4. The second-order valence-electron chi connectivity index (χ2n) is 5.90. The number of fused-ring (bicyclic) bond motifs is 1. The number of para-hydroxylation sites is 1. The maximum atomic E-state index is 11.8. The number of rotatable bonds is 3. The van der Waals surface area contributed by atoms with E-state index in [0.29, 0.717) is 22.9 Å². The van der Waals surface area contributed by atoms with Gasteiger partial charge >= 0.3 is 0 Å². The number of nitrogens with one attached hydrogen (secondary N) is 1. The highest BCUT2D eigenvalue weighted by molar-refractivity contribution is 5.95. The van der Waals surface area contributed by atoms with Crippen LogP contribution in [0.25, 0.3) is 33.8 Å². The number of hydrogen-bond acceptors (Lipinski definition) is 5. The van der Waals surface area contributed by atoms with Crippen molar-refractivity contribution in [2.75, 3.05) is 7.05 Å². The van der Waals surface area contributed by atoms with E-state index in [1.165, 1.54) is 0 Å². The lowest BCUT2D eigenvalue weighted by atomic mass is 10.1. The number of aryl methyl sites for hydroxylation is 1. The van der Waals surface area contributed by atoms with Gasteiger partial charge in [-0.1, -0.05) is 24.3 Å². The molecule has 0 fully saturated rings. The van der Waals surface area contributed by atoms with Gasteiger partial charge < -0.3 is 9.73 Å². The predicted molar refractivity (Wildman–Crippen MR) is 98.6 cm³/mol. The number of amides is 1. The van der Waals surface area contributed by atoms with E-state index in [1.807, 2.05) is 43.3 Å². The van der Waals surface area contributed by atoms with E-state index >= 15 is 0 Å². The Kier molecular flexibility index (Phi) is 3.93. The lowest BCUT2D eigenvalue weighted by Crippen LogP contribution is -2.17. The number of carbonyl (C=O) groups is 1. The minimum Gasteiger partial charge on any atom is -0.416 e. The Balaban J connectivity index is 1.79. The third-order valence-electron chi connectivity index (χ3n) is 4.10. The first-order chi connectivity index (χ1) is 12.7. The van der Waals surface area contributed by atoms with Gasteiger partial charge in [-0.2, -0.15) is 0 Å².